The van der Waals surface area contributed by atoms with Crippen LogP contribution in [0.3, 0.4) is 0 Å². The molecule has 0 amide bonds. The van der Waals surface area contributed by atoms with Crippen molar-refractivity contribution in [2.45, 2.75) is 13.1 Å². The molecule has 0 fully saturated rings. The standard InChI is InChI=1S/C20H16F3NO2/c1-2-26-19(25)16-12-24-18(17(16)13-7-4-3-5-8-13)14-9-6-10-15(11-14)20(21,22)23/h3-12,24H,2H2,1H3. The zero-order valence-electron chi connectivity index (χ0n) is 13.9. The Hall–Kier alpha value is -3.02. The fourth-order valence-corrected chi connectivity index (χ4v) is 2.78. The molecule has 0 aliphatic carbocycles. The normalized spacial score (nSPS) is 11.4. The number of aromatic nitrogens is 1. The van der Waals surface area contributed by atoms with Crippen molar-refractivity contribution in [3.05, 3.63) is 71.9 Å². The fraction of sp³-hybridized carbons (Fsp3) is 0.150. The van der Waals surface area contributed by atoms with Crippen molar-refractivity contribution in [2.24, 2.45) is 0 Å². The van der Waals surface area contributed by atoms with Crippen LogP contribution in [0.15, 0.2) is 60.8 Å². The zero-order valence-corrected chi connectivity index (χ0v) is 13.9. The largest absolute Gasteiger partial charge is 0.462 e. The SMILES string of the molecule is CCOC(=O)c1c[nH]c(-c2cccc(C(F)(F)F)c2)c1-c1ccccc1. The first-order valence-electron chi connectivity index (χ1n) is 8.03. The average Bonchev–Trinajstić information content (AvgIpc) is 3.07. The Bertz CT molecular complexity index is 914. The second kappa shape index (κ2) is 7.07. The van der Waals surface area contributed by atoms with Crippen molar-refractivity contribution in [3.8, 4) is 22.4 Å². The number of carbonyl (C=O) groups excluding carboxylic acids is 1. The van der Waals surface area contributed by atoms with Crippen molar-refractivity contribution in [3.63, 3.8) is 0 Å². The monoisotopic (exact) mass is 359 g/mol. The van der Waals surface area contributed by atoms with E-state index in [4.69, 9.17) is 4.74 Å². The smallest absolute Gasteiger partial charge is 0.416 e. The molecular weight excluding hydrogens is 343 g/mol. The summed E-state index contributed by atoms with van der Waals surface area (Å²) in [6, 6.07) is 14.0. The molecule has 3 aromatic rings. The molecule has 134 valence electrons. The lowest BCUT2D eigenvalue weighted by molar-refractivity contribution is -0.137. The van der Waals surface area contributed by atoms with E-state index in [9.17, 15) is 18.0 Å². The fourth-order valence-electron chi connectivity index (χ4n) is 2.78. The molecule has 0 atom stereocenters. The molecular formula is C20H16F3NO2. The topological polar surface area (TPSA) is 42.1 Å². The lowest BCUT2D eigenvalue weighted by Gasteiger charge is -2.11. The van der Waals surface area contributed by atoms with Crippen LogP contribution in [-0.4, -0.2) is 17.6 Å². The maximum Gasteiger partial charge on any atom is 0.416 e. The van der Waals surface area contributed by atoms with Crippen LogP contribution in [0.2, 0.25) is 0 Å². The molecule has 0 saturated heterocycles. The van der Waals surface area contributed by atoms with Gasteiger partial charge in [0, 0.05) is 11.8 Å². The number of ether oxygens (including phenoxy) is 1. The van der Waals surface area contributed by atoms with E-state index in [0.29, 0.717) is 22.4 Å². The van der Waals surface area contributed by atoms with Crippen LogP contribution in [0.1, 0.15) is 22.8 Å². The number of aromatic amines is 1. The quantitative estimate of drug-likeness (QED) is 0.621. The highest BCUT2D eigenvalue weighted by molar-refractivity contribution is 6.01. The summed E-state index contributed by atoms with van der Waals surface area (Å²) >= 11 is 0. The van der Waals surface area contributed by atoms with Crippen LogP contribution in [0.25, 0.3) is 22.4 Å². The highest BCUT2D eigenvalue weighted by Gasteiger charge is 2.31. The van der Waals surface area contributed by atoms with Crippen molar-refractivity contribution in [2.75, 3.05) is 6.61 Å². The molecule has 0 bridgehead atoms. The summed E-state index contributed by atoms with van der Waals surface area (Å²) < 4.78 is 44.2. The summed E-state index contributed by atoms with van der Waals surface area (Å²) in [4.78, 5) is 15.2. The molecule has 1 aromatic heterocycles. The first-order chi connectivity index (χ1) is 12.4. The summed E-state index contributed by atoms with van der Waals surface area (Å²) in [7, 11) is 0. The van der Waals surface area contributed by atoms with Crippen LogP contribution in [0, 0.1) is 0 Å². The van der Waals surface area contributed by atoms with E-state index >= 15 is 0 Å². The average molecular weight is 359 g/mol. The molecule has 3 rings (SSSR count). The molecule has 0 saturated carbocycles. The third-order valence-electron chi connectivity index (χ3n) is 3.92. The van der Waals surface area contributed by atoms with Crippen LogP contribution in [0.5, 0.6) is 0 Å². The first-order valence-corrected chi connectivity index (χ1v) is 8.03. The molecule has 2 aromatic carbocycles. The summed E-state index contributed by atoms with van der Waals surface area (Å²) in [6.07, 6.45) is -2.98. The van der Waals surface area contributed by atoms with Crippen molar-refractivity contribution >= 4 is 5.97 Å². The van der Waals surface area contributed by atoms with Gasteiger partial charge in [-0.3, -0.25) is 0 Å². The second-order valence-electron chi connectivity index (χ2n) is 5.62. The molecule has 0 radical (unpaired) electrons. The number of carbonyl (C=O) groups is 1. The Labute approximate surface area is 148 Å². The summed E-state index contributed by atoms with van der Waals surface area (Å²) in [6.45, 7) is 1.90. The molecule has 3 nitrogen and oxygen atoms in total. The van der Waals surface area contributed by atoms with Gasteiger partial charge in [-0.15, -0.1) is 0 Å². The molecule has 0 aliphatic heterocycles. The highest BCUT2D eigenvalue weighted by Crippen LogP contribution is 2.37. The van der Waals surface area contributed by atoms with Crippen molar-refractivity contribution in [1.29, 1.82) is 0 Å². The number of hydrogen-bond donors (Lipinski definition) is 1. The van der Waals surface area contributed by atoms with E-state index in [1.54, 1.807) is 37.3 Å². The predicted octanol–water partition coefficient (Wildman–Crippen LogP) is 5.54. The van der Waals surface area contributed by atoms with Gasteiger partial charge in [0.05, 0.1) is 23.4 Å². The third-order valence-corrected chi connectivity index (χ3v) is 3.92. The molecule has 6 heteroatoms. The minimum atomic E-state index is -4.44. The zero-order chi connectivity index (χ0) is 18.7. The number of hydrogen-bond acceptors (Lipinski definition) is 2. The Morgan fingerprint density at radius 2 is 1.73 bits per heavy atom. The number of benzene rings is 2. The van der Waals surface area contributed by atoms with Crippen LogP contribution in [-0.2, 0) is 10.9 Å². The van der Waals surface area contributed by atoms with E-state index < -0.39 is 17.7 Å². The van der Waals surface area contributed by atoms with Gasteiger partial charge >= 0.3 is 12.1 Å². The second-order valence-corrected chi connectivity index (χ2v) is 5.62. The molecule has 0 aliphatic rings. The van der Waals surface area contributed by atoms with E-state index in [2.05, 4.69) is 4.98 Å². The minimum absolute atomic E-state index is 0.205. The molecule has 1 heterocycles. The number of alkyl halides is 3. The molecule has 26 heavy (non-hydrogen) atoms. The maximum absolute atomic E-state index is 13.1. The van der Waals surface area contributed by atoms with Gasteiger partial charge in [-0.05, 0) is 30.2 Å². The Kier molecular flexibility index (Phi) is 4.84. The Morgan fingerprint density at radius 3 is 2.38 bits per heavy atom. The lowest BCUT2D eigenvalue weighted by atomic mass is 9.97. The third kappa shape index (κ3) is 3.49. The van der Waals surface area contributed by atoms with Gasteiger partial charge in [-0.1, -0.05) is 42.5 Å². The van der Waals surface area contributed by atoms with Gasteiger partial charge in [-0.2, -0.15) is 13.2 Å². The lowest BCUT2D eigenvalue weighted by Crippen LogP contribution is -2.05. The number of halogens is 3. The first kappa shape index (κ1) is 17.8. The molecule has 0 spiro atoms. The van der Waals surface area contributed by atoms with E-state index in [1.165, 1.54) is 12.3 Å². The highest BCUT2D eigenvalue weighted by atomic mass is 19.4. The number of H-pyrrole nitrogens is 1. The predicted molar refractivity (Wildman–Crippen MR) is 92.6 cm³/mol. The van der Waals surface area contributed by atoms with E-state index in [0.717, 1.165) is 12.1 Å². The Morgan fingerprint density at radius 1 is 1.04 bits per heavy atom. The van der Waals surface area contributed by atoms with Gasteiger partial charge in [0.2, 0.25) is 0 Å². The minimum Gasteiger partial charge on any atom is -0.462 e. The molecule has 0 unspecified atom stereocenters. The van der Waals surface area contributed by atoms with Crippen molar-refractivity contribution in [1.82, 2.24) is 4.98 Å². The number of esters is 1. The van der Waals surface area contributed by atoms with Crippen molar-refractivity contribution < 1.29 is 22.7 Å². The van der Waals surface area contributed by atoms with Gasteiger partial charge < -0.3 is 9.72 Å². The number of nitrogens with one attached hydrogen (secondary N) is 1. The summed E-state index contributed by atoms with van der Waals surface area (Å²) in [5.74, 6) is -0.527. The summed E-state index contributed by atoms with van der Waals surface area (Å²) in [5, 5.41) is 0. The van der Waals surface area contributed by atoms with E-state index in [-0.39, 0.29) is 12.2 Å². The summed E-state index contributed by atoms with van der Waals surface area (Å²) in [5.41, 5.74) is 1.54. The van der Waals surface area contributed by atoms with Crippen LogP contribution in [0.4, 0.5) is 13.2 Å². The van der Waals surface area contributed by atoms with Gasteiger partial charge in [-0.25, -0.2) is 4.79 Å². The number of rotatable bonds is 4. The van der Waals surface area contributed by atoms with Crippen LogP contribution >= 0.6 is 0 Å². The van der Waals surface area contributed by atoms with E-state index in [1.807, 2.05) is 6.07 Å². The maximum atomic E-state index is 13.1. The Balaban J connectivity index is 2.18. The van der Waals surface area contributed by atoms with Gasteiger partial charge in [0.15, 0.2) is 0 Å². The van der Waals surface area contributed by atoms with Gasteiger partial charge in [0.25, 0.3) is 0 Å². The molecule has 1 N–H and O–H groups in total. The van der Waals surface area contributed by atoms with Crippen LogP contribution < -0.4 is 0 Å². The van der Waals surface area contributed by atoms with Gasteiger partial charge in [0.1, 0.15) is 0 Å².